The van der Waals surface area contributed by atoms with Crippen molar-refractivity contribution in [1.29, 1.82) is 0 Å². The maximum atomic E-state index is 10.6. The first-order valence-electron chi connectivity index (χ1n) is 2.50. The Morgan fingerprint density at radius 3 is 2.80 bits per heavy atom. The van der Waals surface area contributed by atoms with Gasteiger partial charge in [0.15, 0.2) is 0 Å². The van der Waals surface area contributed by atoms with Crippen molar-refractivity contribution in [3.63, 3.8) is 0 Å². The van der Waals surface area contributed by atoms with Gasteiger partial charge in [-0.25, -0.2) is 4.79 Å². The van der Waals surface area contributed by atoms with E-state index in [1.807, 2.05) is 0 Å². The molecule has 0 atom stereocenters. The molecule has 10 heavy (non-hydrogen) atoms. The van der Waals surface area contributed by atoms with Crippen molar-refractivity contribution in [2.75, 3.05) is 0 Å². The first-order chi connectivity index (χ1) is 4.74. The van der Waals surface area contributed by atoms with E-state index in [-0.39, 0.29) is 11.4 Å². The van der Waals surface area contributed by atoms with Gasteiger partial charge in [0, 0.05) is 10.5 Å². The molecule has 1 rings (SSSR count). The minimum absolute atomic E-state index is 0.243. The Bertz CT molecular complexity index is 336. The molecule has 1 heterocycles. The second-order valence-electron chi connectivity index (χ2n) is 1.63. The van der Waals surface area contributed by atoms with Crippen LogP contribution in [0, 0.1) is 6.57 Å². The number of hydrogen-bond donors (Lipinski definition) is 1. The molecular formula is C6H3BrN2O. The molecule has 0 aliphatic carbocycles. The molecule has 0 unspecified atom stereocenters. The lowest BCUT2D eigenvalue weighted by molar-refractivity contribution is 1.25. The second kappa shape index (κ2) is 2.67. The Morgan fingerprint density at radius 2 is 2.30 bits per heavy atom. The van der Waals surface area contributed by atoms with Crippen molar-refractivity contribution in [2.24, 2.45) is 0 Å². The Hall–Kier alpha value is -1.08. The maximum Gasteiger partial charge on any atom is 0.316 e. The lowest BCUT2D eigenvalue weighted by Crippen LogP contribution is -2.01. The van der Waals surface area contributed by atoms with Crippen molar-refractivity contribution in [3.8, 4) is 0 Å². The van der Waals surface area contributed by atoms with Crippen LogP contribution in [0.25, 0.3) is 4.85 Å². The lowest BCUT2D eigenvalue weighted by Gasteiger charge is -1.90. The van der Waals surface area contributed by atoms with E-state index in [0.29, 0.717) is 4.47 Å². The van der Waals surface area contributed by atoms with E-state index in [9.17, 15) is 4.79 Å². The van der Waals surface area contributed by atoms with Gasteiger partial charge in [0.1, 0.15) is 0 Å². The summed E-state index contributed by atoms with van der Waals surface area (Å²) < 4.78 is 0.613. The Kier molecular flexibility index (Phi) is 1.88. The lowest BCUT2D eigenvalue weighted by atomic mass is 10.5. The van der Waals surface area contributed by atoms with Crippen LogP contribution in [-0.2, 0) is 0 Å². The first-order valence-corrected chi connectivity index (χ1v) is 3.29. The van der Waals surface area contributed by atoms with Gasteiger partial charge in [-0.1, -0.05) is 22.5 Å². The molecule has 0 saturated heterocycles. The SMILES string of the molecule is [C-]#[N+]c1[nH]c(=O)ccc1Br. The van der Waals surface area contributed by atoms with Crippen molar-refractivity contribution < 1.29 is 0 Å². The van der Waals surface area contributed by atoms with Gasteiger partial charge in [0.25, 0.3) is 0 Å². The number of aromatic amines is 1. The predicted octanol–water partition coefficient (Wildman–Crippen LogP) is 1.69. The molecule has 50 valence electrons. The fourth-order valence-corrected chi connectivity index (χ4v) is 0.847. The molecule has 0 aromatic carbocycles. The highest BCUT2D eigenvalue weighted by molar-refractivity contribution is 9.10. The third-order valence-electron chi connectivity index (χ3n) is 0.961. The summed E-state index contributed by atoms with van der Waals surface area (Å²) >= 11 is 3.11. The molecule has 1 aromatic heterocycles. The van der Waals surface area contributed by atoms with Crippen molar-refractivity contribution in [1.82, 2.24) is 4.98 Å². The van der Waals surface area contributed by atoms with E-state index >= 15 is 0 Å². The summed E-state index contributed by atoms with van der Waals surface area (Å²) in [4.78, 5) is 16.0. The summed E-state index contributed by atoms with van der Waals surface area (Å²) in [5.41, 5.74) is -0.255. The largest absolute Gasteiger partial charge is 0.363 e. The molecule has 0 radical (unpaired) electrons. The van der Waals surface area contributed by atoms with E-state index in [1.165, 1.54) is 6.07 Å². The number of nitrogens with one attached hydrogen (secondary N) is 1. The molecular weight excluding hydrogens is 196 g/mol. The van der Waals surface area contributed by atoms with Gasteiger partial charge in [0.2, 0.25) is 5.82 Å². The summed E-state index contributed by atoms with van der Waals surface area (Å²) in [6.45, 7) is 6.61. The number of halogens is 1. The molecule has 0 aliphatic heterocycles. The van der Waals surface area contributed by atoms with E-state index in [1.54, 1.807) is 6.07 Å². The fourth-order valence-electron chi connectivity index (χ4n) is 0.527. The monoisotopic (exact) mass is 198 g/mol. The average molecular weight is 199 g/mol. The van der Waals surface area contributed by atoms with Crippen LogP contribution in [0.1, 0.15) is 0 Å². The van der Waals surface area contributed by atoms with Crippen LogP contribution in [0.5, 0.6) is 0 Å². The van der Waals surface area contributed by atoms with Gasteiger partial charge >= 0.3 is 5.56 Å². The molecule has 1 aromatic rings. The standard InChI is InChI=1S/C6H3BrN2O/c1-8-6-4(7)2-3-5(10)9-6/h2-3H,(H,9,10). The summed E-state index contributed by atoms with van der Waals surface area (Å²) in [5.74, 6) is 0.243. The number of rotatable bonds is 0. The average Bonchev–Trinajstić information content (AvgIpc) is 1.94. The van der Waals surface area contributed by atoms with Crippen LogP contribution in [0.3, 0.4) is 0 Å². The van der Waals surface area contributed by atoms with E-state index < -0.39 is 0 Å². The van der Waals surface area contributed by atoms with E-state index in [4.69, 9.17) is 6.57 Å². The zero-order chi connectivity index (χ0) is 7.56. The summed E-state index contributed by atoms with van der Waals surface area (Å²) in [7, 11) is 0. The third kappa shape index (κ3) is 1.25. The first kappa shape index (κ1) is 7.03. The van der Waals surface area contributed by atoms with E-state index in [2.05, 4.69) is 25.8 Å². The normalized spacial score (nSPS) is 8.80. The predicted molar refractivity (Wildman–Crippen MR) is 41.0 cm³/mol. The van der Waals surface area contributed by atoms with Gasteiger partial charge in [-0.2, -0.15) is 0 Å². The number of nitrogens with zero attached hydrogens (tertiary/aromatic N) is 1. The molecule has 0 fully saturated rings. The molecule has 1 N–H and O–H groups in total. The van der Waals surface area contributed by atoms with Crippen molar-refractivity contribution >= 4 is 21.7 Å². The van der Waals surface area contributed by atoms with Gasteiger partial charge < -0.3 is 4.85 Å². The van der Waals surface area contributed by atoms with Crippen LogP contribution >= 0.6 is 15.9 Å². The van der Waals surface area contributed by atoms with Gasteiger partial charge in [0.05, 0.1) is 0 Å². The van der Waals surface area contributed by atoms with Crippen LogP contribution in [0.4, 0.5) is 5.82 Å². The number of pyridine rings is 1. The topological polar surface area (TPSA) is 37.2 Å². The molecule has 0 aliphatic rings. The highest BCUT2D eigenvalue weighted by Crippen LogP contribution is 2.19. The summed E-state index contributed by atoms with van der Waals surface area (Å²) in [6, 6.07) is 2.91. The Labute approximate surface area is 65.6 Å². The molecule has 0 spiro atoms. The minimum Gasteiger partial charge on any atom is -0.363 e. The Balaban J connectivity index is 3.40. The van der Waals surface area contributed by atoms with Crippen LogP contribution in [-0.4, -0.2) is 4.98 Å². The highest BCUT2D eigenvalue weighted by Gasteiger charge is 1.96. The van der Waals surface area contributed by atoms with Crippen molar-refractivity contribution in [3.05, 3.63) is 38.4 Å². The van der Waals surface area contributed by atoms with Crippen molar-refractivity contribution in [2.45, 2.75) is 0 Å². The second-order valence-corrected chi connectivity index (χ2v) is 2.49. The van der Waals surface area contributed by atoms with Crippen LogP contribution in [0.2, 0.25) is 0 Å². The molecule has 3 nitrogen and oxygen atoms in total. The molecule has 0 bridgehead atoms. The van der Waals surface area contributed by atoms with Gasteiger partial charge in [-0.05, 0) is 6.07 Å². The molecule has 4 heteroatoms. The maximum absolute atomic E-state index is 10.6. The fraction of sp³-hybridized carbons (Fsp3) is 0. The zero-order valence-corrected chi connectivity index (χ0v) is 6.47. The third-order valence-corrected chi connectivity index (χ3v) is 1.60. The minimum atomic E-state index is -0.255. The smallest absolute Gasteiger partial charge is 0.316 e. The summed E-state index contributed by atoms with van der Waals surface area (Å²) in [6.07, 6.45) is 0. The van der Waals surface area contributed by atoms with Crippen LogP contribution < -0.4 is 5.56 Å². The number of hydrogen-bond acceptors (Lipinski definition) is 1. The molecule has 0 amide bonds. The molecule has 0 saturated carbocycles. The number of aromatic nitrogens is 1. The van der Waals surface area contributed by atoms with E-state index in [0.717, 1.165) is 0 Å². The summed E-state index contributed by atoms with van der Waals surface area (Å²) in [5, 5.41) is 0. The van der Waals surface area contributed by atoms with Gasteiger partial charge in [-0.3, -0.25) is 4.98 Å². The van der Waals surface area contributed by atoms with Crippen LogP contribution in [0.15, 0.2) is 21.4 Å². The van der Waals surface area contributed by atoms with Gasteiger partial charge in [-0.15, -0.1) is 0 Å². The zero-order valence-electron chi connectivity index (χ0n) is 4.89. The quantitative estimate of drug-likeness (QED) is 0.634. The number of H-pyrrole nitrogens is 1. The Morgan fingerprint density at radius 1 is 1.60 bits per heavy atom. The highest BCUT2D eigenvalue weighted by atomic mass is 79.9.